The average Bonchev–Trinajstić information content (AvgIpc) is 2.26. The fourth-order valence-electron chi connectivity index (χ4n) is 1.77. The monoisotopic (exact) mass is 262 g/mol. The summed E-state index contributed by atoms with van der Waals surface area (Å²) in [6.45, 7) is 3.17. The normalized spacial score (nSPS) is 10.5. The maximum atomic E-state index is 13.7. The number of halogens is 2. The predicted octanol–water partition coefficient (Wildman–Crippen LogP) is 2.86. The van der Waals surface area contributed by atoms with Crippen molar-refractivity contribution >= 4 is 5.78 Å². The Morgan fingerprint density at radius 2 is 1.95 bits per heavy atom. The maximum absolute atomic E-state index is 13.7. The first kappa shape index (κ1) is 13.3. The van der Waals surface area contributed by atoms with Gasteiger partial charge in [-0.1, -0.05) is 0 Å². The minimum atomic E-state index is -0.688. The van der Waals surface area contributed by atoms with Gasteiger partial charge >= 0.3 is 0 Å². The summed E-state index contributed by atoms with van der Waals surface area (Å²) in [5.74, 6) is -1.06. The van der Waals surface area contributed by atoms with Crippen molar-refractivity contribution in [3.05, 3.63) is 47.4 Å². The highest BCUT2D eigenvalue weighted by atomic mass is 19.1. The largest absolute Gasteiger partial charge is 0.300 e. The summed E-state index contributed by atoms with van der Waals surface area (Å²) in [6.07, 6.45) is 0.0947. The van der Waals surface area contributed by atoms with Gasteiger partial charge in [0, 0.05) is 17.3 Å². The van der Waals surface area contributed by atoms with Gasteiger partial charge in [0.1, 0.15) is 23.2 Å². The van der Waals surface area contributed by atoms with Gasteiger partial charge in [0.05, 0.1) is 12.1 Å². The van der Waals surface area contributed by atoms with Crippen LogP contribution in [0, 0.1) is 18.6 Å². The Morgan fingerprint density at radius 3 is 2.58 bits per heavy atom. The van der Waals surface area contributed by atoms with Gasteiger partial charge in [-0.2, -0.15) is 0 Å². The van der Waals surface area contributed by atoms with E-state index in [4.69, 9.17) is 0 Å². The Hall–Kier alpha value is -2.17. The van der Waals surface area contributed by atoms with Crippen LogP contribution in [0.3, 0.4) is 0 Å². The Labute approximate surface area is 109 Å². The third kappa shape index (κ3) is 3.19. The first-order chi connectivity index (χ1) is 8.95. The quantitative estimate of drug-likeness (QED) is 0.854. The summed E-state index contributed by atoms with van der Waals surface area (Å²) in [6, 6.07) is 4.89. The molecule has 0 saturated heterocycles. The molecule has 0 spiro atoms. The lowest BCUT2D eigenvalue weighted by atomic mass is 10.1. The summed E-state index contributed by atoms with van der Waals surface area (Å²) >= 11 is 0. The minimum absolute atomic E-state index is 0.0730. The van der Waals surface area contributed by atoms with Crippen LogP contribution < -0.4 is 0 Å². The number of ketones is 1. The van der Waals surface area contributed by atoms with Gasteiger partial charge in [0.15, 0.2) is 0 Å². The lowest BCUT2D eigenvalue weighted by molar-refractivity contribution is -0.116. The molecule has 0 aliphatic carbocycles. The predicted molar refractivity (Wildman–Crippen MR) is 66.5 cm³/mol. The van der Waals surface area contributed by atoms with Gasteiger partial charge in [0.25, 0.3) is 0 Å². The summed E-state index contributed by atoms with van der Waals surface area (Å²) in [5.41, 5.74) is 1.17. The molecule has 0 unspecified atom stereocenters. The Kier molecular flexibility index (Phi) is 3.64. The molecule has 98 valence electrons. The molecule has 3 nitrogen and oxygen atoms in total. The van der Waals surface area contributed by atoms with Gasteiger partial charge in [-0.25, -0.2) is 18.7 Å². The molecule has 1 heterocycles. The highest BCUT2D eigenvalue weighted by molar-refractivity contribution is 5.77. The van der Waals surface area contributed by atoms with Crippen molar-refractivity contribution in [2.75, 3.05) is 0 Å². The molecule has 2 rings (SSSR count). The smallest absolute Gasteiger partial charge is 0.137 e. The zero-order valence-corrected chi connectivity index (χ0v) is 10.6. The van der Waals surface area contributed by atoms with E-state index in [9.17, 15) is 13.6 Å². The molecule has 0 aliphatic heterocycles. The van der Waals surface area contributed by atoms with Crippen LogP contribution in [0.1, 0.15) is 18.4 Å². The molecule has 1 aromatic carbocycles. The number of hydrogen-bond donors (Lipinski definition) is 0. The number of carbonyl (C=O) groups excluding carboxylic acids is 1. The minimum Gasteiger partial charge on any atom is -0.300 e. The molecule has 19 heavy (non-hydrogen) atoms. The van der Waals surface area contributed by atoms with E-state index in [0.29, 0.717) is 17.2 Å². The van der Waals surface area contributed by atoms with Gasteiger partial charge in [-0.3, -0.25) is 4.79 Å². The molecule has 2 aromatic rings. The van der Waals surface area contributed by atoms with Gasteiger partial charge in [-0.05, 0) is 32.0 Å². The van der Waals surface area contributed by atoms with Crippen molar-refractivity contribution in [3.63, 3.8) is 0 Å². The third-order valence-electron chi connectivity index (χ3n) is 2.51. The number of Topliss-reactive ketones (excluding diaryl/α,β-unsaturated/α-hetero) is 1. The number of carbonyl (C=O) groups is 1. The van der Waals surface area contributed by atoms with E-state index >= 15 is 0 Å². The summed E-state index contributed by atoms with van der Waals surface area (Å²) in [7, 11) is 0. The van der Waals surface area contributed by atoms with Crippen LogP contribution in [0.5, 0.6) is 0 Å². The number of hydrogen-bond acceptors (Lipinski definition) is 3. The van der Waals surface area contributed by atoms with Crippen molar-refractivity contribution in [3.8, 4) is 11.3 Å². The topological polar surface area (TPSA) is 42.9 Å². The Bertz CT molecular complexity index is 641. The highest BCUT2D eigenvalue weighted by Gasteiger charge is 2.11. The molecular weight excluding hydrogens is 250 g/mol. The summed E-state index contributed by atoms with van der Waals surface area (Å²) in [4.78, 5) is 19.3. The van der Waals surface area contributed by atoms with Crippen molar-refractivity contribution in [1.82, 2.24) is 9.97 Å². The van der Waals surface area contributed by atoms with Crippen molar-refractivity contribution in [2.24, 2.45) is 0 Å². The second kappa shape index (κ2) is 5.22. The first-order valence-corrected chi connectivity index (χ1v) is 5.75. The van der Waals surface area contributed by atoms with E-state index in [1.807, 2.05) is 0 Å². The second-order valence-electron chi connectivity index (χ2n) is 4.31. The van der Waals surface area contributed by atoms with Crippen LogP contribution in [0.2, 0.25) is 0 Å². The van der Waals surface area contributed by atoms with E-state index in [0.717, 1.165) is 6.07 Å². The van der Waals surface area contributed by atoms with Crippen LogP contribution in [0.25, 0.3) is 11.3 Å². The summed E-state index contributed by atoms with van der Waals surface area (Å²) in [5, 5.41) is 0. The fraction of sp³-hybridized carbons (Fsp3) is 0.214. The molecule has 0 saturated carbocycles. The molecular formula is C14H12F2N2O. The lowest BCUT2D eigenvalue weighted by Crippen LogP contribution is -2.05. The molecule has 0 bridgehead atoms. The summed E-state index contributed by atoms with van der Waals surface area (Å²) < 4.78 is 26.6. The Morgan fingerprint density at radius 1 is 1.21 bits per heavy atom. The highest BCUT2D eigenvalue weighted by Crippen LogP contribution is 2.22. The number of nitrogens with zero attached hydrogens (tertiary/aromatic N) is 2. The van der Waals surface area contributed by atoms with Crippen molar-refractivity contribution in [2.45, 2.75) is 20.3 Å². The van der Waals surface area contributed by atoms with Crippen molar-refractivity contribution in [1.29, 1.82) is 0 Å². The third-order valence-corrected chi connectivity index (χ3v) is 2.51. The number of aromatic nitrogens is 2. The van der Waals surface area contributed by atoms with Gasteiger partial charge in [0.2, 0.25) is 0 Å². The van der Waals surface area contributed by atoms with Crippen LogP contribution in [0.15, 0.2) is 24.3 Å². The maximum Gasteiger partial charge on any atom is 0.137 e. The standard InChI is InChI=1S/C14H12F2N2O/c1-8-5-13(18-14(17-8)6-9(2)19)11-4-3-10(15)7-12(11)16/h3-5,7H,6H2,1-2H3. The number of aryl methyl sites for hydroxylation is 1. The zero-order chi connectivity index (χ0) is 14.0. The Balaban J connectivity index is 2.49. The van der Waals surface area contributed by atoms with E-state index < -0.39 is 11.6 Å². The molecule has 0 amide bonds. The zero-order valence-electron chi connectivity index (χ0n) is 10.6. The molecule has 0 aliphatic rings. The molecule has 0 atom stereocenters. The van der Waals surface area contributed by atoms with Crippen LogP contribution in [-0.2, 0) is 11.2 Å². The van der Waals surface area contributed by atoms with E-state index in [1.54, 1.807) is 13.0 Å². The molecule has 0 fully saturated rings. The fourth-order valence-corrected chi connectivity index (χ4v) is 1.77. The van der Waals surface area contributed by atoms with E-state index in [-0.39, 0.29) is 17.8 Å². The molecule has 1 aromatic heterocycles. The lowest BCUT2D eigenvalue weighted by Gasteiger charge is -2.06. The SMILES string of the molecule is CC(=O)Cc1nc(C)cc(-c2ccc(F)cc2F)n1. The number of benzene rings is 1. The van der Waals surface area contributed by atoms with Crippen LogP contribution in [0.4, 0.5) is 8.78 Å². The molecule has 0 radical (unpaired) electrons. The van der Waals surface area contributed by atoms with Crippen molar-refractivity contribution < 1.29 is 13.6 Å². The molecule has 0 N–H and O–H groups in total. The second-order valence-corrected chi connectivity index (χ2v) is 4.31. The van der Waals surface area contributed by atoms with Gasteiger partial charge < -0.3 is 0 Å². The molecule has 5 heteroatoms. The van der Waals surface area contributed by atoms with Crippen LogP contribution >= 0.6 is 0 Å². The van der Waals surface area contributed by atoms with Gasteiger partial charge in [-0.15, -0.1) is 0 Å². The first-order valence-electron chi connectivity index (χ1n) is 5.75. The van der Waals surface area contributed by atoms with E-state index in [1.165, 1.54) is 19.1 Å². The van der Waals surface area contributed by atoms with E-state index in [2.05, 4.69) is 9.97 Å². The van der Waals surface area contributed by atoms with Crippen LogP contribution in [-0.4, -0.2) is 15.8 Å². The number of rotatable bonds is 3. The average molecular weight is 262 g/mol.